The summed E-state index contributed by atoms with van der Waals surface area (Å²) >= 11 is 1.62. The topological polar surface area (TPSA) is 56.5 Å². The van der Waals surface area contributed by atoms with Crippen LogP contribution in [-0.4, -0.2) is 21.6 Å². The zero-order valence-corrected chi connectivity index (χ0v) is 18.9. The third-order valence-corrected chi connectivity index (χ3v) is 6.99. The molecule has 0 aromatic carbocycles. The van der Waals surface area contributed by atoms with Crippen LogP contribution in [0.3, 0.4) is 0 Å². The van der Waals surface area contributed by atoms with Crippen LogP contribution in [0.5, 0.6) is 5.88 Å². The van der Waals surface area contributed by atoms with Crippen molar-refractivity contribution < 1.29 is 9.53 Å². The molecular weight excluding hydrogens is 394 g/mol. The molecule has 0 saturated heterocycles. The van der Waals surface area contributed by atoms with E-state index in [1.807, 2.05) is 24.3 Å². The van der Waals surface area contributed by atoms with Crippen LogP contribution in [0, 0.1) is 12.8 Å². The van der Waals surface area contributed by atoms with Gasteiger partial charge in [0, 0.05) is 29.7 Å². The van der Waals surface area contributed by atoms with Crippen LogP contribution >= 0.6 is 11.3 Å². The maximum Gasteiger partial charge on any atom is 0.285 e. The third-order valence-electron chi connectivity index (χ3n) is 5.38. The first-order valence-electron chi connectivity index (χ1n) is 10.6. The number of hydrogen-bond donors (Lipinski definition) is 0. The number of rotatable bonds is 5. The van der Waals surface area contributed by atoms with Gasteiger partial charge < -0.3 is 9.30 Å². The SMILES string of the molecule is Cc1c(C(C)(C)C)s/c(=N\C(=O)c2cccnc2OC2C=CC=CC2)n1CC1CC1. The molecule has 0 bridgehead atoms. The molecule has 1 atom stereocenters. The van der Waals surface area contributed by atoms with Gasteiger partial charge in [-0.3, -0.25) is 4.79 Å². The Morgan fingerprint density at radius 1 is 1.33 bits per heavy atom. The number of amides is 1. The van der Waals surface area contributed by atoms with E-state index in [0.29, 0.717) is 17.4 Å². The fourth-order valence-corrected chi connectivity index (χ4v) is 4.82. The average Bonchev–Trinajstić information content (AvgIpc) is 3.48. The summed E-state index contributed by atoms with van der Waals surface area (Å²) in [6.07, 6.45) is 12.8. The molecule has 0 N–H and O–H groups in total. The van der Waals surface area contributed by atoms with Gasteiger partial charge in [0.25, 0.3) is 5.91 Å². The van der Waals surface area contributed by atoms with Gasteiger partial charge in [-0.15, -0.1) is 11.3 Å². The molecule has 2 aliphatic carbocycles. The first kappa shape index (κ1) is 20.8. The quantitative estimate of drug-likeness (QED) is 0.683. The van der Waals surface area contributed by atoms with Crippen molar-refractivity contribution in [3.63, 3.8) is 0 Å². The van der Waals surface area contributed by atoms with Crippen molar-refractivity contribution in [1.29, 1.82) is 0 Å². The molecule has 0 spiro atoms. The molecule has 158 valence electrons. The van der Waals surface area contributed by atoms with E-state index in [4.69, 9.17) is 4.74 Å². The Morgan fingerprint density at radius 2 is 2.13 bits per heavy atom. The van der Waals surface area contributed by atoms with Gasteiger partial charge >= 0.3 is 0 Å². The Labute approximate surface area is 181 Å². The Balaban J connectivity index is 1.69. The van der Waals surface area contributed by atoms with Crippen LogP contribution in [-0.2, 0) is 12.0 Å². The highest BCUT2D eigenvalue weighted by atomic mass is 32.1. The highest BCUT2D eigenvalue weighted by molar-refractivity contribution is 7.09. The van der Waals surface area contributed by atoms with Crippen LogP contribution in [0.15, 0.2) is 47.6 Å². The van der Waals surface area contributed by atoms with Crippen molar-refractivity contribution >= 4 is 17.2 Å². The van der Waals surface area contributed by atoms with Gasteiger partial charge in [0.15, 0.2) is 4.80 Å². The summed E-state index contributed by atoms with van der Waals surface area (Å²) in [7, 11) is 0. The highest BCUT2D eigenvalue weighted by Crippen LogP contribution is 2.33. The summed E-state index contributed by atoms with van der Waals surface area (Å²) in [5, 5.41) is 0. The van der Waals surface area contributed by atoms with Crippen LogP contribution in [0.1, 0.15) is 61.0 Å². The number of pyridine rings is 1. The van der Waals surface area contributed by atoms with Crippen LogP contribution in [0.25, 0.3) is 0 Å². The molecule has 5 nitrogen and oxygen atoms in total. The number of allylic oxidation sites excluding steroid dienone is 2. The Kier molecular flexibility index (Phi) is 5.78. The Hall–Kier alpha value is -2.47. The van der Waals surface area contributed by atoms with Gasteiger partial charge in [0.1, 0.15) is 11.7 Å². The molecule has 30 heavy (non-hydrogen) atoms. The van der Waals surface area contributed by atoms with Gasteiger partial charge in [-0.25, -0.2) is 4.98 Å². The second-order valence-corrected chi connectivity index (χ2v) is 10.1. The molecule has 2 heterocycles. The summed E-state index contributed by atoms with van der Waals surface area (Å²) in [5.41, 5.74) is 1.63. The lowest BCUT2D eigenvalue weighted by Gasteiger charge is -2.17. The number of carbonyl (C=O) groups is 1. The van der Waals surface area contributed by atoms with Crippen molar-refractivity contribution in [2.45, 2.75) is 65.0 Å². The van der Waals surface area contributed by atoms with E-state index in [9.17, 15) is 4.79 Å². The molecule has 1 amide bonds. The third kappa shape index (κ3) is 4.64. The van der Waals surface area contributed by atoms with Gasteiger partial charge in [-0.05, 0) is 49.3 Å². The molecule has 6 heteroatoms. The lowest BCUT2D eigenvalue weighted by molar-refractivity contribution is 0.0991. The molecule has 0 aliphatic heterocycles. The lowest BCUT2D eigenvalue weighted by Crippen LogP contribution is -2.21. The van der Waals surface area contributed by atoms with Crippen molar-refractivity contribution in [3.8, 4) is 5.88 Å². The molecule has 1 fully saturated rings. The maximum atomic E-state index is 13.2. The minimum Gasteiger partial charge on any atom is -0.469 e. The monoisotopic (exact) mass is 423 g/mol. The second kappa shape index (κ2) is 8.34. The first-order chi connectivity index (χ1) is 14.3. The number of thiazole rings is 1. The predicted octanol–water partition coefficient (Wildman–Crippen LogP) is 4.97. The predicted molar refractivity (Wildman–Crippen MR) is 120 cm³/mol. The highest BCUT2D eigenvalue weighted by Gasteiger charge is 2.27. The average molecular weight is 424 g/mol. The normalized spacial score (nSPS) is 19.3. The molecule has 2 aromatic heterocycles. The number of carbonyl (C=O) groups excluding carboxylic acids is 1. The molecule has 1 unspecified atom stereocenters. The summed E-state index contributed by atoms with van der Waals surface area (Å²) < 4.78 is 8.23. The molecule has 2 aliphatic rings. The summed E-state index contributed by atoms with van der Waals surface area (Å²) in [6.45, 7) is 9.69. The van der Waals surface area contributed by atoms with E-state index in [-0.39, 0.29) is 17.4 Å². The van der Waals surface area contributed by atoms with E-state index < -0.39 is 0 Å². The van der Waals surface area contributed by atoms with Crippen molar-refractivity contribution in [2.75, 3.05) is 0 Å². The van der Waals surface area contributed by atoms with Crippen LogP contribution < -0.4 is 9.54 Å². The van der Waals surface area contributed by atoms with Gasteiger partial charge in [-0.2, -0.15) is 4.99 Å². The van der Waals surface area contributed by atoms with E-state index in [2.05, 4.69) is 42.2 Å². The molecule has 4 rings (SSSR count). The number of ether oxygens (including phenoxy) is 1. The van der Waals surface area contributed by atoms with Crippen molar-refractivity contribution in [1.82, 2.24) is 9.55 Å². The van der Waals surface area contributed by atoms with Gasteiger partial charge in [0.05, 0.1) is 0 Å². The number of nitrogens with zero attached hydrogens (tertiary/aromatic N) is 3. The summed E-state index contributed by atoms with van der Waals surface area (Å²) in [5.74, 6) is 0.734. The standard InChI is InChI=1S/C24H29N3O2S/c1-16-20(24(2,3)4)30-23(27(16)15-17-12-13-17)26-21(28)19-11-8-14-25-22(19)29-18-9-6-5-7-10-18/h5-9,11,14,17-18H,10,12-13,15H2,1-4H3/b26-23-. The van der Waals surface area contributed by atoms with E-state index in [1.54, 1.807) is 29.7 Å². The Bertz CT molecular complexity index is 1060. The molecule has 2 aromatic rings. The van der Waals surface area contributed by atoms with E-state index in [0.717, 1.165) is 17.8 Å². The minimum atomic E-state index is -0.306. The van der Waals surface area contributed by atoms with Crippen molar-refractivity contribution in [2.24, 2.45) is 10.9 Å². The fourth-order valence-electron chi connectivity index (χ4n) is 3.62. The lowest BCUT2D eigenvalue weighted by atomic mass is 9.93. The zero-order valence-electron chi connectivity index (χ0n) is 18.1. The van der Waals surface area contributed by atoms with Crippen LogP contribution in [0.2, 0.25) is 0 Å². The van der Waals surface area contributed by atoms with E-state index in [1.165, 1.54) is 23.4 Å². The second-order valence-electron chi connectivity index (χ2n) is 9.08. The maximum absolute atomic E-state index is 13.2. The van der Waals surface area contributed by atoms with Gasteiger partial charge in [-0.1, -0.05) is 39.0 Å². The van der Waals surface area contributed by atoms with Crippen molar-refractivity contribution in [3.05, 3.63) is 63.6 Å². The smallest absolute Gasteiger partial charge is 0.285 e. The number of aromatic nitrogens is 2. The number of hydrogen-bond acceptors (Lipinski definition) is 4. The minimum absolute atomic E-state index is 0.0142. The summed E-state index contributed by atoms with van der Waals surface area (Å²) in [4.78, 5) is 24.1. The summed E-state index contributed by atoms with van der Waals surface area (Å²) in [6, 6.07) is 3.50. The zero-order chi connectivity index (χ0) is 21.3. The van der Waals surface area contributed by atoms with Gasteiger partial charge in [0.2, 0.25) is 5.88 Å². The van der Waals surface area contributed by atoms with Crippen LogP contribution in [0.4, 0.5) is 0 Å². The molecule has 1 saturated carbocycles. The fraction of sp³-hybridized carbons (Fsp3) is 0.458. The molecular formula is C24H29N3O2S. The van der Waals surface area contributed by atoms with E-state index >= 15 is 0 Å². The largest absolute Gasteiger partial charge is 0.469 e. The first-order valence-corrected chi connectivity index (χ1v) is 11.4. The molecule has 0 radical (unpaired) electrons. The Morgan fingerprint density at radius 3 is 2.80 bits per heavy atom.